The van der Waals surface area contributed by atoms with E-state index in [-0.39, 0.29) is 12.8 Å². The van der Waals surface area contributed by atoms with Crippen molar-refractivity contribution in [1.82, 2.24) is 5.06 Å². The molecule has 0 unspecified atom stereocenters. The van der Waals surface area contributed by atoms with Gasteiger partial charge in [0.2, 0.25) is 5.91 Å². The number of carbonyl (C=O) groups is 1. The fourth-order valence-electron chi connectivity index (χ4n) is 0.699. The van der Waals surface area contributed by atoms with Crippen molar-refractivity contribution in [3.8, 4) is 0 Å². The van der Waals surface area contributed by atoms with Crippen LogP contribution in [-0.2, 0) is 9.63 Å². The summed E-state index contributed by atoms with van der Waals surface area (Å²) in [5.41, 5.74) is 0. The summed E-state index contributed by atoms with van der Waals surface area (Å²) in [5, 5.41) is 0.913. The lowest BCUT2D eigenvalue weighted by molar-refractivity contribution is -0.170. The highest BCUT2D eigenvalue weighted by molar-refractivity contribution is 5.74. The van der Waals surface area contributed by atoms with E-state index < -0.39 is 18.5 Å². The topological polar surface area (TPSA) is 29.5 Å². The molecule has 0 spiro atoms. The lowest BCUT2D eigenvalue weighted by Crippen LogP contribution is -2.25. The standard InChI is InChI=1S/C7H12F3NO2/c1-11(13-2)6(12)4-3-5-7(8,9)10/h3-5H2,1-2H3. The smallest absolute Gasteiger partial charge is 0.275 e. The van der Waals surface area contributed by atoms with Crippen LogP contribution in [0, 0.1) is 0 Å². The molecule has 0 aromatic rings. The van der Waals surface area contributed by atoms with Crippen molar-refractivity contribution in [3.63, 3.8) is 0 Å². The molecule has 0 rings (SSSR count). The molecule has 1 amide bonds. The Bertz CT molecular complexity index is 170. The van der Waals surface area contributed by atoms with Crippen molar-refractivity contribution in [2.75, 3.05) is 14.2 Å². The number of rotatable bonds is 4. The average Bonchev–Trinajstić information content (AvgIpc) is 2.00. The maximum Gasteiger partial charge on any atom is 0.389 e. The predicted molar refractivity (Wildman–Crippen MR) is 39.7 cm³/mol. The van der Waals surface area contributed by atoms with Crippen molar-refractivity contribution >= 4 is 5.91 Å². The Morgan fingerprint density at radius 2 is 2.00 bits per heavy atom. The van der Waals surface area contributed by atoms with Gasteiger partial charge < -0.3 is 0 Å². The third-order valence-corrected chi connectivity index (χ3v) is 1.48. The molecule has 0 aliphatic rings. The van der Waals surface area contributed by atoms with E-state index in [1.807, 2.05) is 0 Å². The summed E-state index contributed by atoms with van der Waals surface area (Å²) in [5.74, 6) is -0.452. The first-order valence-electron chi connectivity index (χ1n) is 3.74. The zero-order chi connectivity index (χ0) is 10.5. The number of halogens is 3. The van der Waals surface area contributed by atoms with E-state index in [1.54, 1.807) is 0 Å². The molecule has 0 bridgehead atoms. The molecular weight excluding hydrogens is 187 g/mol. The fraction of sp³-hybridized carbons (Fsp3) is 0.857. The average molecular weight is 199 g/mol. The quantitative estimate of drug-likeness (QED) is 0.645. The number of hydroxylamine groups is 2. The van der Waals surface area contributed by atoms with Gasteiger partial charge in [-0.15, -0.1) is 0 Å². The van der Waals surface area contributed by atoms with E-state index in [0.29, 0.717) is 0 Å². The van der Waals surface area contributed by atoms with Gasteiger partial charge in [-0.05, 0) is 6.42 Å². The lowest BCUT2D eigenvalue weighted by atomic mass is 10.2. The number of hydrogen-bond donors (Lipinski definition) is 0. The summed E-state index contributed by atoms with van der Waals surface area (Å²) < 4.78 is 34.9. The van der Waals surface area contributed by atoms with Crippen LogP contribution in [0.25, 0.3) is 0 Å². The summed E-state index contributed by atoms with van der Waals surface area (Å²) in [6.45, 7) is 0. The maximum atomic E-state index is 11.6. The van der Waals surface area contributed by atoms with Gasteiger partial charge in [0, 0.05) is 19.9 Å². The zero-order valence-corrected chi connectivity index (χ0v) is 7.52. The van der Waals surface area contributed by atoms with E-state index >= 15 is 0 Å². The molecule has 0 heterocycles. The normalized spacial score (nSPS) is 11.5. The van der Waals surface area contributed by atoms with Gasteiger partial charge in [0.15, 0.2) is 0 Å². The van der Waals surface area contributed by atoms with Crippen molar-refractivity contribution in [1.29, 1.82) is 0 Å². The first-order chi connectivity index (χ1) is 5.87. The van der Waals surface area contributed by atoms with Crippen LogP contribution >= 0.6 is 0 Å². The highest BCUT2D eigenvalue weighted by atomic mass is 19.4. The van der Waals surface area contributed by atoms with Crippen LogP contribution in [0.1, 0.15) is 19.3 Å². The van der Waals surface area contributed by atoms with Gasteiger partial charge in [0.05, 0.1) is 7.11 Å². The molecule has 3 nitrogen and oxygen atoms in total. The molecular formula is C7H12F3NO2. The van der Waals surface area contributed by atoms with Crippen LogP contribution in [-0.4, -0.2) is 31.3 Å². The second-order valence-electron chi connectivity index (χ2n) is 2.54. The van der Waals surface area contributed by atoms with E-state index in [1.165, 1.54) is 14.2 Å². The molecule has 0 fully saturated rings. The fourth-order valence-corrected chi connectivity index (χ4v) is 0.699. The molecule has 0 saturated heterocycles. The molecule has 78 valence electrons. The minimum Gasteiger partial charge on any atom is -0.275 e. The highest BCUT2D eigenvalue weighted by Gasteiger charge is 2.26. The van der Waals surface area contributed by atoms with Crippen LogP contribution in [0.3, 0.4) is 0 Å². The first kappa shape index (κ1) is 12.2. The number of nitrogens with zero attached hydrogens (tertiary/aromatic N) is 1. The Balaban J connectivity index is 3.60. The SMILES string of the molecule is CON(C)C(=O)CCCC(F)(F)F. The van der Waals surface area contributed by atoms with Crippen molar-refractivity contribution in [2.45, 2.75) is 25.4 Å². The van der Waals surface area contributed by atoms with Gasteiger partial charge in [-0.2, -0.15) is 13.2 Å². The van der Waals surface area contributed by atoms with Crippen LogP contribution in [0.5, 0.6) is 0 Å². The third kappa shape index (κ3) is 6.39. The summed E-state index contributed by atoms with van der Waals surface area (Å²) in [7, 11) is 2.64. The molecule has 0 atom stereocenters. The maximum absolute atomic E-state index is 11.6. The molecule has 0 aromatic carbocycles. The Morgan fingerprint density at radius 3 is 2.38 bits per heavy atom. The largest absolute Gasteiger partial charge is 0.389 e. The van der Waals surface area contributed by atoms with Gasteiger partial charge in [-0.1, -0.05) is 0 Å². The second-order valence-corrected chi connectivity index (χ2v) is 2.54. The molecule has 13 heavy (non-hydrogen) atoms. The van der Waals surface area contributed by atoms with Crippen LogP contribution in [0.4, 0.5) is 13.2 Å². The van der Waals surface area contributed by atoms with E-state index in [0.717, 1.165) is 5.06 Å². The monoisotopic (exact) mass is 199 g/mol. The zero-order valence-electron chi connectivity index (χ0n) is 7.52. The van der Waals surface area contributed by atoms with Gasteiger partial charge >= 0.3 is 6.18 Å². The minimum atomic E-state index is -4.19. The van der Waals surface area contributed by atoms with Gasteiger partial charge in [-0.3, -0.25) is 9.63 Å². The predicted octanol–water partition coefficient (Wildman–Crippen LogP) is 1.74. The van der Waals surface area contributed by atoms with Crippen molar-refractivity contribution in [3.05, 3.63) is 0 Å². The van der Waals surface area contributed by atoms with Crippen LogP contribution in [0.2, 0.25) is 0 Å². The first-order valence-corrected chi connectivity index (χ1v) is 3.74. The van der Waals surface area contributed by atoms with E-state index in [2.05, 4.69) is 4.84 Å². The summed E-state index contributed by atoms with van der Waals surface area (Å²) >= 11 is 0. The van der Waals surface area contributed by atoms with E-state index in [4.69, 9.17) is 0 Å². The number of carbonyl (C=O) groups excluding carboxylic acids is 1. The molecule has 0 saturated carbocycles. The summed E-state index contributed by atoms with van der Waals surface area (Å²) in [6.07, 6.45) is -5.47. The highest BCUT2D eigenvalue weighted by Crippen LogP contribution is 2.22. The van der Waals surface area contributed by atoms with Gasteiger partial charge in [-0.25, -0.2) is 5.06 Å². The number of hydrogen-bond acceptors (Lipinski definition) is 2. The molecule has 6 heteroatoms. The molecule has 0 aliphatic heterocycles. The van der Waals surface area contributed by atoms with Gasteiger partial charge in [0.25, 0.3) is 0 Å². The van der Waals surface area contributed by atoms with E-state index in [9.17, 15) is 18.0 Å². The lowest BCUT2D eigenvalue weighted by Gasteiger charge is -2.13. The second kappa shape index (κ2) is 5.06. The van der Waals surface area contributed by atoms with Crippen LogP contribution in [0.15, 0.2) is 0 Å². The molecule has 0 N–H and O–H groups in total. The van der Waals surface area contributed by atoms with Crippen LogP contribution < -0.4 is 0 Å². The Kier molecular flexibility index (Phi) is 4.76. The number of alkyl halides is 3. The minimum absolute atomic E-state index is 0.149. The van der Waals surface area contributed by atoms with Crippen molar-refractivity contribution in [2.24, 2.45) is 0 Å². The Morgan fingerprint density at radius 1 is 1.46 bits per heavy atom. The summed E-state index contributed by atoms with van der Waals surface area (Å²) in [4.78, 5) is 15.4. The Labute approximate surface area is 74.4 Å². The summed E-state index contributed by atoms with van der Waals surface area (Å²) in [6, 6.07) is 0. The molecule has 0 radical (unpaired) electrons. The molecule has 0 aliphatic carbocycles. The van der Waals surface area contributed by atoms with Crippen molar-refractivity contribution < 1.29 is 22.8 Å². The third-order valence-electron chi connectivity index (χ3n) is 1.48. The van der Waals surface area contributed by atoms with Gasteiger partial charge in [0.1, 0.15) is 0 Å². The molecule has 0 aromatic heterocycles. The Hall–Kier alpha value is -0.780. The number of amides is 1.